The van der Waals surface area contributed by atoms with E-state index in [1.807, 2.05) is 31.2 Å². The van der Waals surface area contributed by atoms with Crippen LogP contribution in [0.2, 0.25) is 0 Å². The number of hydrogen-bond acceptors (Lipinski definition) is 6. The molecule has 4 rings (SSSR count). The summed E-state index contributed by atoms with van der Waals surface area (Å²) in [5.74, 6) is 1.30. The predicted octanol–water partition coefficient (Wildman–Crippen LogP) is 1.93. The molecular formula is C21H24N4O3. The first-order valence-electron chi connectivity index (χ1n) is 9.67. The van der Waals surface area contributed by atoms with E-state index in [0.717, 1.165) is 32.0 Å². The van der Waals surface area contributed by atoms with Crippen LogP contribution in [-0.4, -0.2) is 60.5 Å². The Morgan fingerprint density at radius 1 is 1.07 bits per heavy atom. The molecule has 7 heteroatoms. The Bertz CT molecular complexity index is 850. The highest BCUT2D eigenvalue weighted by atomic mass is 16.5. The predicted molar refractivity (Wildman–Crippen MR) is 107 cm³/mol. The largest absolute Gasteiger partial charge is 0.494 e. The topological polar surface area (TPSA) is 66.0 Å². The van der Waals surface area contributed by atoms with Gasteiger partial charge in [-0.1, -0.05) is 12.1 Å². The number of carbonyl (C=O) groups is 2. The maximum absolute atomic E-state index is 13.0. The summed E-state index contributed by atoms with van der Waals surface area (Å²) in [5, 5.41) is 0. The van der Waals surface area contributed by atoms with Crippen LogP contribution >= 0.6 is 0 Å². The fourth-order valence-corrected chi connectivity index (χ4v) is 3.85. The first kappa shape index (κ1) is 18.4. The number of anilines is 2. The van der Waals surface area contributed by atoms with Gasteiger partial charge in [0.1, 0.15) is 11.6 Å². The Labute approximate surface area is 164 Å². The number of benzene rings is 1. The molecule has 146 valence electrons. The van der Waals surface area contributed by atoms with Crippen LogP contribution in [0.5, 0.6) is 5.75 Å². The molecular weight excluding hydrogens is 356 g/mol. The molecule has 7 nitrogen and oxygen atoms in total. The molecule has 0 saturated carbocycles. The monoisotopic (exact) mass is 380 g/mol. The molecule has 0 aliphatic carbocycles. The number of hydrogen-bond donors (Lipinski definition) is 0. The molecule has 0 spiro atoms. The summed E-state index contributed by atoms with van der Waals surface area (Å²) in [6.07, 6.45) is 2.01. The Morgan fingerprint density at radius 3 is 2.61 bits per heavy atom. The highest BCUT2D eigenvalue weighted by Crippen LogP contribution is 2.29. The zero-order valence-electron chi connectivity index (χ0n) is 16.0. The van der Waals surface area contributed by atoms with Gasteiger partial charge in [-0.3, -0.25) is 14.5 Å². The number of rotatable bonds is 5. The number of nitrogens with zero attached hydrogens (tertiary/aromatic N) is 4. The molecule has 0 bridgehead atoms. The van der Waals surface area contributed by atoms with Crippen molar-refractivity contribution in [1.82, 2.24) is 9.88 Å². The Balaban J connectivity index is 1.44. The third kappa shape index (κ3) is 3.57. The van der Waals surface area contributed by atoms with Gasteiger partial charge in [-0.15, -0.1) is 0 Å². The van der Waals surface area contributed by atoms with Gasteiger partial charge in [0.05, 0.1) is 24.8 Å². The Hall–Kier alpha value is -2.93. The van der Waals surface area contributed by atoms with Gasteiger partial charge in [0.15, 0.2) is 0 Å². The molecule has 1 aromatic heterocycles. The van der Waals surface area contributed by atoms with Crippen LogP contribution in [-0.2, 0) is 9.59 Å². The van der Waals surface area contributed by atoms with Crippen LogP contribution in [0.25, 0.3) is 0 Å². The number of carbonyl (C=O) groups excluding carboxylic acids is 2. The second-order valence-electron chi connectivity index (χ2n) is 6.93. The summed E-state index contributed by atoms with van der Waals surface area (Å²) >= 11 is 0. The van der Waals surface area contributed by atoms with Gasteiger partial charge < -0.3 is 9.64 Å². The van der Waals surface area contributed by atoms with E-state index >= 15 is 0 Å². The molecule has 2 aliphatic rings. The number of amides is 2. The maximum atomic E-state index is 13.0. The van der Waals surface area contributed by atoms with Crippen LogP contribution in [0.4, 0.5) is 11.5 Å². The van der Waals surface area contributed by atoms with E-state index in [4.69, 9.17) is 4.74 Å². The molecule has 3 heterocycles. The normalized spacial score (nSPS) is 20.7. The lowest BCUT2D eigenvalue weighted by atomic mass is 10.1. The van der Waals surface area contributed by atoms with Crippen molar-refractivity contribution in [2.75, 3.05) is 42.6 Å². The van der Waals surface area contributed by atoms with Crippen molar-refractivity contribution in [3.05, 3.63) is 48.7 Å². The van der Waals surface area contributed by atoms with E-state index in [1.54, 1.807) is 24.4 Å². The Morgan fingerprint density at radius 2 is 1.89 bits per heavy atom. The van der Waals surface area contributed by atoms with Crippen LogP contribution in [0.15, 0.2) is 48.7 Å². The van der Waals surface area contributed by atoms with E-state index in [9.17, 15) is 9.59 Å². The summed E-state index contributed by atoms with van der Waals surface area (Å²) in [4.78, 5) is 35.7. The molecule has 28 heavy (non-hydrogen) atoms. The summed E-state index contributed by atoms with van der Waals surface area (Å²) in [6.45, 7) is 5.47. The lowest BCUT2D eigenvalue weighted by Crippen LogP contribution is -2.52. The van der Waals surface area contributed by atoms with Gasteiger partial charge in [-0.2, -0.15) is 0 Å². The molecule has 0 radical (unpaired) electrons. The highest BCUT2D eigenvalue weighted by molar-refractivity contribution is 6.22. The van der Waals surface area contributed by atoms with Crippen molar-refractivity contribution in [3.63, 3.8) is 0 Å². The third-order valence-corrected chi connectivity index (χ3v) is 5.24. The van der Waals surface area contributed by atoms with Crippen molar-refractivity contribution in [2.45, 2.75) is 19.4 Å². The average Bonchev–Trinajstić information content (AvgIpc) is 3.03. The van der Waals surface area contributed by atoms with E-state index in [0.29, 0.717) is 18.0 Å². The first-order valence-corrected chi connectivity index (χ1v) is 9.67. The summed E-state index contributed by atoms with van der Waals surface area (Å²) in [6, 6.07) is 12.6. The first-order chi connectivity index (χ1) is 13.7. The summed E-state index contributed by atoms with van der Waals surface area (Å²) in [5.41, 5.74) is 0.579. The Kier molecular flexibility index (Phi) is 5.25. The third-order valence-electron chi connectivity index (χ3n) is 5.24. The fourth-order valence-electron chi connectivity index (χ4n) is 3.85. The summed E-state index contributed by atoms with van der Waals surface area (Å²) < 4.78 is 5.50. The molecule has 2 fully saturated rings. The van der Waals surface area contributed by atoms with Gasteiger partial charge in [-0.05, 0) is 31.2 Å². The van der Waals surface area contributed by atoms with Crippen LogP contribution in [0.1, 0.15) is 13.3 Å². The molecule has 2 aliphatic heterocycles. The maximum Gasteiger partial charge on any atom is 0.251 e. The zero-order valence-corrected chi connectivity index (χ0v) is 16.0. The smallest absolute Gasteiger partial charge is 0.251 e. The van der Waals surface area contributed by atoms with Crippen molar-refractivity contribution >= 4 is 23.3 Å². The average molecular weight is 380 g/mol. The van der Waals surface area contributed by atoms with E-state index in [1.165, 1.54) is 4.90 Å². The lowest BCUT2D eigenvalue weighted by Gasteiger charge is -2.37. The molecule has 2 aromatic rings. The number of imide groups is 1. The van der Waals surface area contributed by atoms with Crippen molar-refractivity contribution in [3.8, 4) is 5.75 Å². The standard InChI is InChI=1S/C21H24N4O3/c1-2-28-17-7-5-6-16(14-17)25-20(26)15-18(21(25)27)23-10-12-24(13-11-23)19-8-3-4-9-22-19/h3-9,14,18H,2,10-13,15H2,1H3/t18-/m1/s1. The fraction of sp³-hybridized carbons (Fsp3) is 0.381. The number of aromatic nitrogens is 1. The molecule has 2 saturated heterocycles. The van der Waals surface area contributed by atoms with E-state index in [-0.39, 0.29) is 18.2 Å². The number of piperazine rings is 1. The van der Waals surface area contributed by atoms with E-state index < -0.39 is 6.04 Å². The molecule has 0 N–H and O–H groups in total. The second kappa shape index (κ2) is 7.98. The van der Waals surface area contributed by atoms with Gasteiger partial charge in [0.25, 0.3) is 5.91 Å². The minimum Gasteiger partial charge on any atom is -0.494 e. The SMILES string of the molecule is CCOc1cccc(N2C(=O)C[C@@H](N3CCN(c4ccccn4)CC3)C2=O)c1. The number of pyridine rings is 1. The lowest BCUT2D eigenvalue weighted by molar-refractivity contribution is -0.123. The highest BCUT2D eigenvalue weighted by Gasteiger charge is 2.43. The van der Waals surface area contributed by atoms with Gasteiger partial charge in [-0.25, -0.2) is 9.88 Å². The quantitative estimate of drug-likeness (QED) is 0.739. The molecule has 2 amide bonds. The minimum absolute atomic E-state index is 0.148. The van der Waals surface area contributed by atoms with Crippen molar-refractivity contribution in [1.29, 1.82) is 0 Å². The van der Waals surface area contributed by atoms with Crippen LogP contribution < -0.4 is 14.5 Å². The van der Waals surface area contributed by atoms with Crippen LogP contribution in [0, 0.1) is 0 Å². The van der Waals surface area contributed by atoms with Crippen molar-refractivity contribution in [2.24, 2.45) is 0 Å². The van der Waals surface area contributed by atoms with Gasteiger partial charge in [0, 0.05) is 38.4 Å². The molecule has 1 atom stereocenters. The summed E-state index contributed by atoms with van der Waals surface area (Å²) in [7, 11) is 0. The second-order valence-corrected chi connectivity index (χ2v) is 6.93. The van der Waals surface area contributed by atoms with Gasteiger partial charge >= 0.3 is 0 Å². The number of ether oxygens (including phenoxy) is 1. The zero-order chi connectivity index (χ0) is 19.5. The molecule has 0 unspecified atom stereocenters. The van der Waals surface area contributed by atoms with Crippen molar-refractivity contribution < 1.29 is 14.3 Å². The van der Waals surface area contributed by atoms with E-state index in [2.05, 4.69) is 14.8 Å². The minimum atomic E-state index is -0.394. The molecule has 1 aromatic carbocycles. The van der Waals surface area contributed by atoms with Crippen LogP contribution in [0.3, 0.4) is 0 Å². The van der Waals surface area contributed by atoms with Gasteiger partial charge in [0.2, 0.25) is 5.91 Å².